The Balaban J connectivity index is 3.05. The maximum atomic E-state index is 12.6. The molecule has 0 fully saturated rings. The first-order chi connectivity index (χ1) is 10.1. The molecule has 0 radical (unpaired) electrons. The highest BCUT2D eigenvalue weighted by Gasteiger charge is 2.31. The molecular formula is C12H12F3N3O3S. The third-order valence-corrected chi connectivity index (χ3v) is 4.32. The number of nitrogens with two attached hydrogens (primary N) is 1. The van der Waals surface area contributed by atoms with Crippen molar-refractivity contribution in [2.24, 2.45) is 5.73 Å². The number of halogens is 3. The molecule has 1 rings (SSSR count). The van der Waals surface area contributed by atoms with Crippen LogP contribution in [0, 0.1) is 11.3 Å². The summed E-state index contributed by atoms with van der Waals surface area (Å²) in [5, 5.41) is 8.57. The second-order valence-electron chi connectivity index (χ2n) is 4.35. The van der Waals surface area contributed by atoms with Gasteiger partial charge in [-0.15, -0.1) is 0 Å². The number of amides is 1. The smallest absolute Gasteiger partial charge is 0.369 e. The van der Waals surface area contributed by atoms with Gasteiger partial charge in [0, 0.05) is 0 Å². The van der Waals surface area contributed by atoms with Gasteiger partial charge in [-0.1, -0.05) is 18.2 Å². The Morgan fingerprint density at radius 1 is 1.36 bits per heavy atom. The van der Waals surface area contributed by atoms with Crippen molar-refractivity contribution < 1.29 is 26.4 Å². The van der Waals surface area contributed by atoms with E-state index in [4.69, 9.17) is 11.0 Å². The molecule has 10 heteroatoms. The van der Waals surface area contributed by atoms with Crippen molar-refractivity contribution >= 4 is 15.9 Å². The van der Waals surface area contributed by atoms with Crippen LogP contribution in [0.15, 0.2) is 24.3 Å². The number of nitriles is 1. The number of hydrogen-bond donors (Lipinski definition) is 1. The second kappa shape index (κ2) is 6.76. The van der Waals surface area contributed by atoms with Crippen LogP contribution in [0.4, 0.5) is 13.2 Å². The number of sulfonamides is 1. The summed E-state index contributed by atoms with van der Waals surface area (Å²) in [5.74, 6) is -1.74. The number of carbonyl (C=O) groups excluding carboxylic acids is 1. The van der Waals surface area contributed by atoms with Gasteiger partial charge >= 0.3 is 6.18 Å². The molecule has 0 saturated carbocycles. The maximum Gasteiger partial charge on any atom is 0.416 e. The third kappa shape index (κ3) is 5.01. The van der Waals surface area contributed by atoms with Gasteiger partial charge in [0.25, 0.3) is 0 Å². The number of alkyl halides is 3. The average molecular weight is 335 g/mol. The number of rotatable bonds is 6. The Kier molecular flexibility index (Phi) is 5.51. The summed E-state index contributed by atoms with van der Waals surface area (Å²) >= 11 is 0. The van der Waals surface area contributed by atoms with Crippen LogP contribution in [0.2, 0.25) is 0 Å². The lowest BCUT2D eigenvalue weighted by Gasteiger charge is -2.18. The number of carbonyl (C=O) groups is 1. The molecule has 0 bridgehead atoms. The standard InChI is InChI=1S/C12H12F3N3O3S/c13-12(14,15)10-3-1-2-9(6-10)8-22(20,21)18(5-4-16)7-11(17)19/h1-3,6H,5,7-8H2,(H2,17,19). The van der Waals surface area contributed by atoms with Crippen molar-refractivity contribution in [1.29, 1.82) is 5.26 Å². The van der Waals surface area contributed by atoms with Crippen LogP contribution in [-0.4, -0.2) is 31.7 Å². The summed E-state index contributed by atoms with van der Waals surface area (Å²) < 4.78 is 62.4. The van der Waals surface area contributed by atoms with Crippen LogP contribution in [0.1, 0.15) is 11.1 Å². The van der Waals surface area contributed by atoms with Crippen molar-refractivity contribution in [3.63, 3.8) is 0 Å². The van der Waals surface area contributed by atoms with E-state index in [1.807, 2.05) is 0 Å². The van der Waals surface area contributed by atoms with Gasteiger partial charge < -0.3 is 5.73 Å². The second-order valence-corrected chi connectivity index (χ2v) is 6.32. The van der Waals surface area contributed by atoms with Gasteiger partial charge in [-0.2, -0.15) is 22.7 Å². The lowest BCUT2D eigenvalue weighted by Crippen LogP contribution is -2.39. The van der Waals surface area contributed by atoms with Crippen molar-refractivity contribution in [1.82, 2.24) is 4.31 Å². The predicted octanol–water partition coefficient (Wildman–Crippen LogP) is 0.846. The van der Waals surface area contributed by atoms with Crippen molar-refractivity contribution in [2.45, 2.75) is 11.9 Å². The molecule has 2 N–H and O–H groups in total. The average Bonchev–Trinajstić information content (AvgIpc) is 2.36. The molecule has 0 atom stereocenters. The molecule has 1 aromatic rings. The van der Waals surface area contributed by atoms with E-state index in [0.717, 1.165) is 12.1 Å². The van der Waals surface area contributed by atoms with Gasteiger partial charge in [0.2, 0.25) is 15.9 Å². The number of hydrogen-bond acceptors (Lipinski definition) is 4. The minimum absolute atomic E-state index is 0.109. The molecule has 1 aromatic carbocycles. The molecule has 0 aliphatic heterocycles. The van der Waals surface area contributed by atoms with E-state index >= 15 is 0 Å². The van der Waals surface area contributed by atoms with Crippen LogP contribution in [0.25, 0.3) is 0 Å². The topological polar surface area (TPSA) is 104 Å². The van der Waals surface area contributed by atoms with Crippen molar-refractivity contribution in [2.75, 3.05) is 13.1 Å². The van der Waals surface area contributed by atoms with Gasteiger partial charge in [0.05, 0.1) is 23.9 Å². The van der Waals surface area contributed by atoms with Crippen molar-refractivity contribution in [3.8, 4) is 6.07 Å². The zero-order chi connectivity index (χ0) is 17.0. The molecule has 0 heterocycles. The highest BCUT2D eigenvalue weighted by Crippen LogP contribution is 2.30. The summed E-state index contributed by atoms with van der Waals surface area (Å²) in [6.45, 7) is -1.33. The summed E-state index contributed by atoms with van der Waals surface area (Å²) in [6.07, 6.45) is -4.60. The molecule has 1 amide bonds. The first-order valence-electron chi connectivity index (χ1n) is 5.85. The quantitative estimate of drug-likeness (QED) is 0.778. The van der Waals surface area contributed by atoms with E-state index in [2.05, 4.69) is 0 Å². The van der Waals surface area contributed by atoms with Crippen LogP contribution >= 0.6 is 0 Å². The highest BCUT2D eigenvalue weighted by molar-refractivity contribution is 7.88. The van der Waals surface area contributed by atoms with E-state index in [-0.39, 0.29) is 5.56 Å². The van der Waals surface area contributed by atoms with Gasteiger partial charge in [0.1, 0.15) is 6.54 Å². The van der Waals surface area contributed by atoms with E-state index in [1.165, 1.54) is 6.07 Å². The monoisotopic (exact) mass is 335 g/mol. The lowest BCUT2D eigenvalue weighted by atomic mass is 10.1. The van der Waals surface area contributed by atoms with E-state index < -0.39 is 46.5 Å². The molecule has 22 heavy (non-hydrogen) atoms. The first kappa shape index (κ1) is 17.9. The summed E-state index contributed by atoms with van der Waals surface area (Å²) in [6, 6.07) is 5.36. The zero-order valence-electron chi connectivity index (χ0n) is 11.2. The highest BCUT2D eigenvalue weighted by atomic mass is 32.2. The number of nitrogens with zero attached hydrogens (tertiary/aromatic N) is 2. The van der Waals surface area contributed by atoms with Crippen LogP contribution in [0.5, 0.6) is 0 Å². The molecule has 0 aliphatic rings. The molecule has 120 valence electrons. The Bertz CT molecular complexity index is 696. The predicted molar refractivity (Wildman–Crippen MR) is 70.4 cm³/mol. The van der Waals surface area contributed by atoms with Gasteiger partial charge in [-0.3, -0.25) is 4.79 Å². The Hall–Kier alpha value is -2.12. The summed E-state index contributed by atoms with van der Waals surface area (Å²) in [5.41, 5.74) is 3.80. The molecule has 6 nitrogen and oxygen atoms in total. The van der Waals surface area contributed by atoms with Gasteiger partial charge in [-0.05, 0) is 11.6 Å². The van der Waals surface area contributed by atoms with Crippen LogP contribution in [-0.2, 0) is 26.7 Å². The maximum absolute atomic E-state index is 12.6. The Morgan fingerprint density at radius 3 is 2.50 bits per heavy atom. The minimum atomic E-state index is -4.60. The summed E-state index contributed by atoms with van der Waals surface area (Å²) in [4.78, 5) is 10.8. The van der Waals surface area contributed by atoms with Gasteiger partial charge in [-0.25, -0.2) is 8.42 Å². The SMILES string of the molecule is N#CCN(CC(N)=O)S(=O)(=O)Cc1cccc(C(F)(F)F)c1. The fourth-order valence-corrected chi connectivity index (χ4v) is 3.01. The first-order valence-corrected chi connectivity index (χ1v) is 7.46. The van der Waals surface area contributed by atoms with E-state index in [0.29, 0.717) is 10.4 Å². The molecule has 0 aromatic heterocycles. The Labute approximate surface area is 125 Å². The van der Waals surface area contributed by atoms with Crippen LogP contribution in [0.3, 0.4) is 0 Å². The zero-order valence-corrected chi connectivity index (χ0v) is 12.0. The fourth-order valence-electron chi connectivity index (χ4n) is 1.64. The molecular weight excluding hydrogens is 323 g/mol. The van der Waals surface area contributed by atoms with Gasteiger partial charge in [0.15, 0.2) is 0 Å². The van der Waals surface area contributed by atoms with E-state index in [1.54, 1.807) is 6.07 Å². The molecule has 0 saturated heterocycles. The van der Waals surface area contributed by atoms with Crippen molar-refractivity contribution in [3.05, 3.63) is 35.4 Å². The lowest BCUT2D eigenvalue weighted by molar-refractivity contribution is -0.137. The number of benzene rings is 1. The summed E-state index contributed by atoms with van der Waals surface area (Å²) in [7, 11) is -4.15. The normalized spacial score (nSPS) is 12.1. The third-order valence-electron chi connectivity index (χ3n) is 2.58. The molecule has 0 aliphatic carbocycles. The van der Waals surface area contributed by atoms with Crippen LogP contribution < -0.4 is 5.73 Å². The molecule has 0 unspecified atom stereocenters. The van der Waals surface area contributed by atoms with E-state index in [9.17, 15) is 26.4 Å². The fraction of sp³-hybridized carbons (Fsp3) is 0.333. The minimum Gasteiger partial charge on any atom is -0.369 e. The number of primary amides is 1. The Morgan fingerprint density at radius 2 is 2.00 bits per heavy atom. The molecule has 0 spiro atoms. The largest absolute Gasteiger partial charge is 0.416 e.